The standard InChI is InChI=1S/C19H26N4O3S/c1-5-23(6-2)27(25,26)16-10-11-17(20-12-16)21-13-18(24)22-19-14(3)8-7-9-15(19)4/h7-12H,5-6,13H2,1-4H3,(H,20,21)(H,22,24)/p+1. The van der Waals surface area contributed by atoms with Crippen molar-refractivity contribution in [3.05, 3.63) is 47.7 Å². The number of anilines is 2. The van der Waals surface area contributed by atoms with E-state index in [0.717, 1.165) is 16.8 Å². The van der Waals surface area contributed by atoms with Crippen molar-refractivity contribution in [3.8, 4) is 0 Å². The lowest BCUT2D eigenvalue weighted by Crippen LogP contribution is -2.31. The molecule has 0 aliphatic heterocycles. The van der Waals surface area contributed by atoms with Gasteiger partial charge in [-0.1, -0.05) is 32.0 Å². The highest BCUT2D eigenvalue weighted by atomic mass is 32.2. The Labute approximate surface area is 160 Å². The van der Waals surface area contributed by atoms with Gasteiger partial charge in [0.25, 0.3) is 11.7 Å². The number of H-pyrrole nitrogens is 1. The molecule has 0 radical (unpaired) electrons. The largest absolute Gasteiger partial charge is 0.322 e. The van der Waals surface area contributed by atoms with Crippen LogP contribution in [0.3, 0.4) is 0 Å². The molecule has 0 aliphatic rings. The Morgan fingerprint density at radius 3 is 2.22 bits per heavy atom. The monoisotopic (exact) mass is 391 g/mol. The molecule has 0 spiro atoms. The number of pyridine rings is 1. The third-order valence-electron chi connectivity index (χ3n) is 4.31. The van der Waals surface area contributed by atoms with Crippen molar-refractivity contribution < 1.29 is 18.2 Å². The Bertz CT molecular complexity index is 871. The van der Waals surface area contributed by atoms with Gasteiger partial charge < -0.3 is 5.32 Å². The first kappa shape index (κ1) is 20.9. The second-order valence-corrected chi connectivity index (χ2v) is 8.13. The van der Waals surface area contributed by atoms with Gasteiger partial charge in [-0.2, -0.15) is 4.31 Å². The molecule has 1 aromatic carbocycles. The summed E-state index contributed by atoms with van der Waals surface area (Å²) in [5.74, 6) is 0.380. The first-order valence-electron chi connectivity index (χ1n) is 8.91. The minimum atomic E-state index is -3.50. The topological polar surface area (TPSA) is 92.7 Å². The molecule has 3 N–H and O–H groups in total. The number of carbonyl (C=O) groups is 1. The van der Waals surface area contributed by atoms with Crippen LogP contribution in [-0.4, -0.2) is 38.3 Å². The summed E-state index contributed by atoms with van der Waals surface area (Å²) < 4.78 is 26.3. The van der Waals surface area contributed by atoms with Crippen LogP contribution in [0.4, 0.5) is 11.5 Å². The van der Waals surface area contributed by atoms with E-state index in [0.29, 0.717) is 18.9 Å². The van der Waals surface area contributed by atoms with Gasteiger partial charge in [-0.05, 0) is 31.0 Å². The molecular weight excluding hydrogens is 364 g/mol. The SMILES string of the molecule is CCN(CC)S(=O)(=O)c1ccc(NCC(=O)Nc2c(C)cccc2C)[nH+]c1. The average Bonchev–Trinajstić information content (AvgIpc) is 2.64. The number of hydrogen-bond acceptors (Lipinski definition) is 4. The van der Waals surface area contributed by atoms with Crippen LogP contribution in [0.5, 0.6) is 0 Å². The summed E-state index contributed by atoms with van der Waals surface area (Å²) in [6, 6.07) is 8.97. The third-order valence-corrected chi connectivity index (χ3v) is 6.36. The molecule has 27 heavy (non-hydrogen) atoms. The van der Waals surface area contributed by atoms with Crippen molar-refractivity contribution in [2.24, 2.45) is 0 Å². The molecule has 2 rings (SSSR count). The fraction of sp³-hybridized carbons (Fsp3) is 0.368. The summed E-state index contributed by atoms with van der Waals surface area (Å²) in [6.45, 7) is 8.38. The molecular formula is C19H27N4O3S+. The number of aromatic amines is 1. The molecule has 1 amide bonds. The van der Waals surface area contributed by atoms with Crippen molar-refractivity contribution >= 4 is 27.4 Å². The number of rotatable bonds is 8. The van der Waals surface area contributed by atoms with Gasteiger partial charge in [-0.25, -0.2) is 13.4 Å². The molecule has 146 valence electrons. The predicted molar refractivity (Wildman–Crippen MR) is 106 cm³/mol. The summed E-state index contributed by atoms with van der Waals surface area (Å²) in [7, 11) is -3.50. The van der Waals surface area contributed by atoms with E-state index in [9.17, 15) is 13.2 Å². The zero-order valence-corrected chi connectivity index (χ0v) is 17.0. The van der Waals surface area contributed by atoms with Crippen LogP contribution in [0, 0.1) is 13.8 Å². The molecule has 2 aromatic rings. The highest BCUT2D eigenvalue weighted by Gasteiger charge is 2.23. The number of aromatic nitrogens is 1. The first-order valence-corrected chi connectivity index (χ1v) is 10.4. The van der Waals surface area contributed by atoms with Crippen molar-refractivity contribution in [2.75, 3.05) is 30.3 Å². The third kappa shape index (κ3) is 5.05. The second kappa shape index (κ2) is 8.96. The molecule has 0 aliphatic carbocycles. The highest BCUT2D eigenvalue weighted by Crippen LogP contribution is 2.19. The maximum absolute atomic E-state index is 12.5. The Morgan fingerprint density at radius 2 is 1.70 bits per heavy atom. The number of amides is 1. The molecule has 0 bridgehead atoms. The molecule has 1 heterocycles. The average molecular weight is 392 g/mol. The summed E-state index contributed by atoms with van der Waals surface area (Å²) in [5.41, 5.74) is 2.82. The Kier molecular flexibility index (Phi) is 6.92. The van der Waals surface area contributed by atoms with Gasteiger partial charge in [-0.3, -0.25) is 10.1 Å². The van der Waals surface area contributed by atoms with Gasteiger partial charge in [0.1, 0.15) is 11.1 Å². The quantitative estimate of drug-likeness (QED) is 0.721. The Balaban J connectivity index is 2.00. The lowest BCUT2D eigenvalue weighted by molar-refractivity contribution is -0.364. The van der Waals surface area contributed by atoms with Gasteiger partial charge in [0.05, 0.1) is 0 Å². The zero-order valence-electron chi connectivity index (χ0n) is 16.2. The normalized spacial score (nSPS) is 11.4. The first-order chi connectivity index (χ1) is 12.8. The second-order valence-electron chi connectivity index (χ2n) is 6.20. The maximum atomic E-state index is 12.5. The molecule has 7 nitrogen and oxygen atoms in total. The van der Waals surface area contributed by atoms with Crippen LogP contribution in [0.1, 0.15) is 25.0 Å². The van der Waals surface area contributed by atoms with Crippen LogP contribution < -0.4 is 15.6 Å². The fourth-order valence-corrected chi connectivity index (χ4v) is 4.19. The van der Waals surface area contributed by atoms with Crippen molar-refractivity contribution in [2.45, 2.75) is 32.6 Å². The minimum Gasteiger partial charge on any atom is -0.322 e. The highest BCUT2D eigenvalue weighted by molar-refractivity contribution is 7.89. The van der Waals surface area contributed by atoms with E-state index in [1.807, 2.05) is 32.0 Å². The summed E-state index contributed by atoms with van der Waals surface area (Å²) in [6.07, 6.45) is 1.43. The number of nitrogens with zero attached hydrogens (tertiary/aromatic N) is 1. The van der Waals surface area contributed by atoms with E-state index in [1.54, 1.807) is 19.9 Å². The summed E-state index contributed by atoms with van der Waals surface area (Å²) >= 11 is 0. The van der Waals surface area contributed by atoms with Crippen LogP contribution in [0.2, 0.25) is 0 Å². The number of benzene rings is 1. The van der Waals surface area contributed by atoms with E-state index in [1.165, 1.54) is 16.6 Å². The number of nitrogens with one attached hydrogen (secondary N) is 3. The van der Waals surface area contributed by atoms with Crippen LogP contribution in [0.15, 0.2) is 41.4 Å². The van der Waals surface area contributed by atoms with Crippen LogP contribution >= 0.6 is 0 Å². The smallest absolute Gasteiger partial charge is 0.272 e. The lowest BCUT2D eigenvalue weighted by atomic mass is 10.1. The molecule has 0 fully saturated rings. The number of sulfonamides is 1. The van der Waals surface area contributed by atoms with Gasteiger partial charge >= 0.3 is 0 Å². The molecule has 0 saturated heterocycles. The van der Waals surface area contributed by atoms with Crippen molar-refractivity contribution in [3.63, 3.8) is 0 Å². The number of carbonyl (C=O) groups excluding carboxylic acids is 1. The Morgan fingerprint density at radius 1 is 1.07 bits per heavy atom. The van der Waals surface area contributed by atoms with Crippen LogP contribution in [0.25, 0.3) is 0 Å². The molecule has 8 heteroatoms. The van der Waals surface area contributed by atoms with E-state index >= 15 is 0 Å². The van der Waals surface area contributed by atoms with E-state index in [2.05, 4.69) is 15.6 Å². The molecule has 1 aromatic heterocycles. The van der Waals surface area contributed by atoms with Gasteiger partial charge in [-0.15, -0.1) is 0 Å². The number of aryl methyl sites for hydroxylation is 2. The van der Waals surface area contributed by atoms with Gasteiger partial charge in [0, 0.05) is 24.8 Å². The van der Waals surface area contributed by atoms with Crippen LogP contribution in [-0.2, 0) is 14.8 Å². The van der Waals surface area contributed by atoms with Crippen molar-refractivity contribution in [1.29, 1.82) is 0 Å². The molecule has 0 saturated carbocycles. The minimum absolute atomic E-state index is 0.0619. The maximum Gasteiger partial charge on any atom is 0.272 e. The van der Waals surface area contributed by atoms with E-state index in [-0.39, 0.29) is 17.3 Å². The number of para-hydroxylation sites is 1. The summed E-state index contributed by atoms with van der Waals surface area (Å²) in [4.78, 5) is 15.3. The molecule has 0 unspecified atom stereocenters. The number of hydrogen-bond donors (Lipinski definition) is 2. The van der Waals surface area contributed by atoms with E-state index in [4.69, 9.17) is 0 Å². The van der Waals surface area contributed by atoms with Gasteiger partial charge in [0.15, 0.2) is 6.54 Å². The van der Waals surface area contributed by atoms with E-state index < -0.39 is 10.0 Å². The summed E-state index contributed by atoms with van der Waals surface area (Å²) in [5, 5.41) is 5.86. The van der Waals surface area contributed by atoms with Gasteiger partial charge in [0.2, 0.25) is 10.0 Å². The Hall–Kier alpha value is -2.45. The zero-order chi connectivity index (χ0) is 20.0. The lowest BCUT2D eigenvalue weighted by Gasteiger charge is -2.17. The predicted octanol–water partition coefficient (Wildman–Crippen LogP) is 2.20. The fourth-order valence-electron chi connectivity index (χ4n) is 2.76. The molecule has 0 atom stereocenters. The van der Waals surface area contributed by atoms with Crippen molar-refractivity contribution in [1.82, 2.24) is 4.31 Å².